The largest absolute Gasteiger partial charge is 0.417 e. The fourth-order valence-electron chi connectivity index (χ4n) is 2.91. The Labute approximate surface area is 164 Å². The van der Waals surface area contributed by atoms with Gasteiger partial charge < -0.3 is 9.47 Å². The van der Waals surface area contributed by atoms with Crippen LogP contribution in [0.4, 0.5) is 0 Å². The Morgan fingerprint density at radius 1 is 1.36 bits per heavy atom. The van der Waals surface area contributed by atoms with Crippen LogP contribution in [0.5, 0.6) is 0 Å². The second-order valence-electron chi connectivity index (χ2n) is 6.24. The molecule has 0 spiro atoms. The number of nitrogens with one attached hydrogen (secondary N) is 2. The number of hydrazone groups is 1. The van der Waals surface area contributed by atoms with E-state index in [1.54, 1.807) is 7.11 Å². The molecule has 0 amide bonds. The minimum absolute atomic E-state index is 0.101. The lowest BCUT2D eigenvalue weighted by Gasteiger charge is -2.11. The summed E-state index contributed by atoms with van der Waals surface area (Å²) in [6.45, 7) is 5.78. The molecule has 1 aliphatic carbocycles. The summed E-state index contributed by atoms with van der Waals surface area (Å²) in [7, 11) is 1.65. The zero-order valence-corrected chi connectivity index (χ0v) is 16.0. The van der Waals surface area contributed by atoms with Crippen LogP contribution in [0, 0.1) is 5.41 Å². The number of hydrogen-bond donors (Lipinski definition) is 2. The molecule has 28 heavy (non-hydrogen) atoms. The van der Waals surface area contributed by atoms with E-state index in [1.807, 2.05) is 37.3 Å². The molecule has 0 fully saturated rings. The quantitative estimate of drug-likeness (QED) is 0.585. The summed E-state index contributed by atoms with van der Waals surface area (Å²) in [5, 5.41) is 12.4. The lowest BCUT2D eigenvalue weighted by molar-refractivity contribution is 0.185. The summed E-state index contributed by atoms with van der Waals surface area (Å²) in [5.41, 5.74) is 6.60. The van der Waals surface area contributed by atoms with Crippen molar-refractivity contribution in [2.24, 2.45) is 15.1 Å². The highest BCUT2D eigenvalue weighted by Crippen LogP contribution is 2.21. The average Bonchev–Trinajstić information content (AvgIpc) is 3.22. The normalized spacial score (nSPS) is 18.0. The van der Waals surface area contributed by atoms with E-state index >= 15 is 0 Å². The van der Waals surface area contributed by atoms with Gasteiger partial charge in [0.1, 0.15) is 0 Å². The number of aliphatic imine (C=N–C) groups is 2. The number of benzene rings is 1. The number of hydrogen-bond acceptors (Lipinski definition) is 6. The molecule has 0 unspecified atom stereocenters. The van der Waals surface area contributed by atoms with E-state index in [0.29, 0.717) is 18.2 Å². The van der Waals surface area contributed by atoms with E-state index in [1.165, 1.54) is 0 Å². The molecule has 1 aromatic rings. The fraction of sp³-hybridized carbons (Fsp3) is 0.238. The molecule has 1 aliphatic heterocycles. The topological polar surface area (TPSA) is 91.4 Å². The van der Waals surface area contributed by atoms with Gasteiger partial charge in [0, 0.05) is 24.0 Å². The highest BCUT2D eigenvalue weighted by molar-refractivity contribution is 6.07. The van der Waals surface area contributed by atoms with Gasteiger partial charge in [0.15, 0.2) is 11.5 Å². The standard InChI is InChI=1S/C21H23N5O2/c1-14(17-12-8-7-11-16(17)13-27-3)24-18(19(22)23-2)21-26-25-20(28-21)15-9-5-4-6-10-15/h5,7-12,22,26H,2,4,6,13H2,1,3H3. The number of rotatable bonds is 6. The summed E-state index contributed by atoms with van der Waals surface area (Å²) in [5.74, 6) is 0.611. The van der Waals surface area contributed by atoms with Gasteiger partial charge in [-0.1, -0.05) is 42.5 Å². The van der Waals surface area contributed by atoms with Crippen molar-refractivity contribution < 1.29 is 9.47 Å². The van der Waals surface area contributed by atoms with Gasteiger partial charge in [0.05, 0.1) is 6.61 Å². The van der Waals surface area contributed by atoms with Crippen molar-refractivity contribution in [3.63, 3.8) is 0 Å². The van der Waals surface area contributed by atoms with Crippen LogP contribution in [0.15, 0.2) is 74.7 Å². The van der Waals surface area contributed by atoms with Gasteiger partial charge in [0.25, 0.3) is 0 Å². The average molecular weight is 377 g/mol. The Hall–Kier alpha value is -3.32. The van der Waals surface area contributed by atoms with Crippen LogP contribution in [0.3, 0.4) is 0 Å². The summed E-state index contributed by atoms with van der Waals surface area (Å²) >= 11 is 0. The van der Waals surface area contributed by atoms with Crippen LogP contribution in [0.25, 0.3) is 0 Å². The van der Waals surface area contributed by atoms with E-state index < -0.39 is 0 Å². The maximum absolute atomic E-state index is 8.14. The van der Waals surface area contributed by atoms with Crippen LogP contribution < -0.4 is 5.43 Å². The third-order valence-electron chi connectivity index (χ3n) is 4.28. The molecule has 1 heterocycles. The maximum atomic E-state index is 8.14. The van der Waals surface area contributed by atoms with E-state index in [4.69, 9.17) is 14.9 Å². The van der Waals surface area contributed by atoms with Crippen LogP contribution >= 0.6 is 0 Å². The molecule has 2 N–H and O–H groups in total. The lowest BCUT2D eigenvalue weighted by Crippen LogP contribution is -2.12. The van der Waals surface area contributed by atoms with Crippen molar-refractivity contribution in [3.8, 4) is 0 Å². The van der Waals surface area contributed by atoms with E-state index in [2.05, 4.69) is 39.4 Å². The molecule has 1 aromatic carbocycles. The third kappa shape index (κ3) is 4.32. The number of allylic oxidation sites excluding steroid dienone is 2. The van der Waals surface area contributed by atoms with Gasteiger partial charge >= 0.3 is 0 Å². The molecule has 144 valence electrons. The van der Waals surface area contributed by atoms with Gasteiger partial charge in [-0.2, -0.15) is 0 Å². The lowest BCUT2D eigenvalue weighted by atomic mass is 10.0. The molecule has 0 bridgehead atoms. The van der Waals surface area contributed by atoms with Crippen LogP contribution in [-0.4, -0.2) is 31.3 Å². The second-order valence-corrected chi connectivity index (χ2v) is 6.24. The van der Waals surface area contributed by atoms with Crippen molar-refractivity contribution in [1.29, 1.82) is 5.41 Å². The van der Waals surface area contributed by atoms with E-state index in [0.717, 1.165) is 29.5 Å². The maximum Gasteiger partial charge on any atom is 0.245 e. The predicted octanol–water partition coefficient (Wildman–Crippen LogP) is 3.70. The first kappa shape index (κ1) is 19.4. The minimum atomic E-state index is -0.101. The number of ether oxygens (including phenoxy) is 2. The Morgan fingerprint density at radius 2 is 2.18 bits per heavy atom. The van der Waals surface area contributed by atoms with E-state index in [-0.39, 0.29) is 17.4 Å². The van der Waals surface area contributed by atoms with E-state index in [9.17, 15) is 0 Å². The van der Waals surface area contributed by atoms with Gasteiger partial charge in [-0.05, 0) is 32.0 Å². The Kier molecular flexibility index (Phi) is 6.29. The van der Waals surface area contributed by atoms with Crippen molar-refractivity contribution in [2.45, 2.75) is 26.4 Å². The molecule has 0 radical (unpaired) electrons. The summed E-state index contributed by atoms with van der Waals surface area (Å²) in [6, 6.07) is 7.83. The Morgan fingerprint density at radius 3 is 2.89 bits per heavy atom. The SMILES string of the molecule is C=NC(=N)C(N=C(C)c1ccccc1COC)=C1NN=C(C2=CCCC=C2)O1. The molecule has 3 rings (SSSR count). The third-order valence-corrected chi connectivity index (χ3v) is 4.28. The Bertz CT molecular complexity index is 938. The number of methoxy groups -OCH3 is 1. The molecule has 0 atom stereocenters. The monoisotopic (exact) mass is 377 g/mol. The molecule has 7 heteroatoms. The molecule has 7 nitrogen and oxygen atoms in total. The van der Waals surface area contributed by atoms with Crippen LogP contribution in [0.1, 0.15) is 30.9 Å². The van der Waals surface area contributed by atoms with Gasteiger partial charge in [-0.15, -0.1) is 5.10 Å². The van der Waals surface area contributed by atoms with Crippen molar-refractivity contribution in [3.05, 3.63) is 70.8 Å². The second kappa shape index (κ2) is 9.05. The molecule has 0 aromatic heterocycles. The molecule has 0 saturated carbocycles. The molecule has 0 saturated heterocycles. The number of amidine groups is 1. The first-order valence-electron chi connectivity index (χ1n) is 8.95. The first-order valence-corrected chi connectivity index (χ1v) is 8.95. The highest BCUT2D eigenvalue weighted by Gasteiger charge is 2.23. The van der Waals surface area contributed by atoms with Gasteiger partial charge in [-0.3, -0.25) is 5.41 Å². The van der Waals surface area contributed by atoms with Crippen molar-refractivity contribution in [1.82, 2.24) is 5.43 Å². The van der Waals surface area contributed by atoms with Gasteiger partial charge in [0.2, 0.25) is 11.8 Å². The summed E-state index contributed by atoms with van der Waals surface area (Å²) in [4.78, 5) is 8.33. The first-order chi connectivity index (χ1) is 13.6. The summed E-state index contributed by atoms with van der Waals surface area (Å²) in [6.07, 6.45) is 8.06. The van der Waals surface area contributed by atoms with Crippen molar-refractivity contribution in [2.75, 3.05) is 7.11 Å². The summed E-state index contributed by atoms with van der Waals surface area (Å²) < 4.78 is 11.1. The molecular formula is C21H23N5O2. The van der Waals surface area contributed by atoms with Crippen LogP contribution in [0.2, 0.25) is 0 Å². The molecular weight excluding hydrogens is 354 g/mol. The minimum Gasteiger partial charge on any atom is -0.417 e. The van der Waals surface area contributed by atoms with Gasteiger partial charge in [-0.25, -0.2) is 15.4 Å². The van der Waals surface area contributed by atoms with Crippen molar-refractivity contribution >= 4 is 24.2 Å². The smallest absolute Gasteiger partial charge is 0.245 e. The fourth-order valence-corrected chi connectivity index (χ4v) is 2.91. The zero-order chi connectivity index (χ0) is 19.9. The Balaban J connectivity index is 1.94. The predicted molar refractivity (Wildman–Crippen MR) is 112 cm³/mol. The number of nitrogens with zero attached hydrogens (tertiary/aromatic N) is 3. The van der Waals surface area contributed by atoms with Crippen LogP contribution in [-0.2, 0) is 16.1 Å². The zero-order valence-electron chi connectivity index (χ0n) is 16.0. The molecule has 2 aliphatic rings. The highest BCUT2D eigenvalue weighted by atomic mass is 16.5.